The molecule has 170 valence electrons. The summed E-state index contributed by atoms with van der Waals surface area (Å²) in [5.74, 6) is 1.40. The Hall–Kier alpha value is -2.33. The lowest BCUT2D eigenvalue weighted by molar-refractivity contribution is 0.0917. The Balaban J connectivity index is 2.31. The van der Waals surface area contributed by atoms with Gasteiger partial charge in [0.25, 0.3) is 5.91 Å². The summed E-state index contributed by atoms with van der Waals surface area (Å²) in [4.78, 5) is 15.2. The Kier molecular flexibility index (Phi) is 8.69. The number of carbonyl (C=O) groups excluding carboxylic acids is 1. The van der Waals surface area contributed by atoms with Crippen LogP contribution in [0.25, 0.3) is 11.1 Å². The largest absolute Gasteiger partial charge is 0.496 e. The van der Waals surface area contributed by atoms with Crippen LogP contribution >= 0.6 is 0 Å². The topological polar surface area (TPSA) is 41.6 Å². The van der Waals surface area contributed by atoms with Crippen LogP contribution < -0.4 is 10.1 Å². The summed E-state index contributed by atoms with van der Waals surface area (Å²) < 4.78 is 5.79. The standard InChI is InChI=1S/C27H40N2O2/c1-19(2)15-21-12-10-14-24(25(21)31-8)20-11-9-13-22(16-20)26(30)28-23(18-29(6)7)17-27(3,4)5/h9-14,16,19,23H,15,17-18H2,1-8H3,(H,28,30)/t23-/m0/s1. The third-order valence-corrected chi connectivity index (χ3v) is 5.14. The van der Waals surface area contributed by atoms with Crippen molar-refractivity contribution in [3.05, 3.63) is 53.6 Å². The van der Waals surface area contributed by atoms with E-state index in [0.29, 0.717) is 11.5 Å². The van der Waals surface area contributed by atoms with E-state index in [1.54, 1.807) is 7.11 Å². The normalized spacial score (nSPS) is 12.8. The lowest BCUT2D eigenvalue weighted by Gasteiger charge is -2.29. The van der Waals surface area contributed by atoms with Gasteiger partial charge >= 0.3 is 0 Å². The minimum Gasteiger partial charge on any atom is -0.496 e. The molecule has 0 aromatic heterocycles. The fraction of sp³-hybridized carbons (Fsp3) is 0.519. The van der Waals surface area contributed by atoms with Gasteiger partial charge in [-0.25, -0.2) is 0 Å². The molecule has 2 aromatic rings. The van der Waals surface area contributed by atoms with Crippen LogP contribution in [0.5, 0.6) is 5.75 Å². The van der Waals surface area contributed by atoms with E-state index in [0.717, 1.165) is 36.3 Å². The third kappa shape index (κ3) is 7.70. The number of carbonyl (C=O) groups is 1. The van der Waals surface area contributed by atoms with Crippen LogP contribution in [-0.4, -0.2) is 44.6 Å². The molecule has 2 aromatic carbocycles. The van der Waals surface area contributed by atoms with Crippen LogP contribution in [0.15, 0.2) is 42.5 Å². The Morgan fingerprint density at radius 3 is 2.35 bits per heavy atom. The number of hydrogen-bond acceptors (Lipinski definition) is 3. The van der Waals surface area contributed by atoms with Gasteiger partial charge < -0.3 is 15.0 Å². The van der Waals surface area contributed by atoms with Crippen molar-refractivity contribution in [2.45, 2.75) is 53.5 Å². The highest BCUT2D eigenvalue weighted by Crippen LogP contribution is 2.34. The molecular formula is C27H40N2O2. The van der Waals surface area contributed by atoms with Crippen molar-refractivity contribution >= 4 is 5.91 Å². The fourth-order valence-electron chi connectivity index (χ4n) is 4.09. The van der Waals surface area contributed by atoms with Gasteiger partial charge in [-0.2, -0.15) is 0 Å². The SMILES string of the molecule is COc1c(CC(C)C)cccc1-c1cccc(C(=O)N[C@H](CN(C)C)CC(C)(C)C)c1. The van der Waals surface area contributed by atoms with Crippen molar-refractivity contribution < 1.29 is 9.53 Å². The number of benzene rings is 2. The van der Waals surface area contributed by atoms with Crippen molar-refractivity contribution in [1.29, 1.82) is 0 Å². The number of methoxy groups -OCH3 is 1. The second-order valence-corrected chi connectivity index (χ2v) is 10.4. The molecule has 0 spiro atoms. The zero-order chi connectivity index (χ0) is 23.2. The number of ether oxygens (including phenoxy) is 1. The molecule has 1 atom stereocenters. The van der Waals surface area contributed by atoms with Crippen molar-refractivity contribution in [2.75, 3.05) is 27.7 Å². The summed E-state index contributed by atoms with van der Waals surface area (Å²) in [6.07, 6.45) is 1.87. The Morgan fingerprint density at radius 2 is 1.77 bits per heavy atom. The summed E-state index contributed by atoms with van der Waals surface area (Å²) in [5.41, 5.74) is 4.03. The van der Waals surface area contributed by atoms with E-state index in [9.17, 15) is 4.79 Å². The first-order valence-corrected chi connectivity index (χ1v) is 11.2. The molecule has 2 rings (SSSR count). The number of likely N-dealkylation sites (N-methyl/N-ethyl adjacent to an activating group) is 1. The maximum atomic E-state index is 13.1. The molecule has 4 heteroatoms. The summed E-state index contributed by atoms with van der Waals surface area (Å²) in [7, 11) is 5.80. The number of nitrogens with one attached hydrogen (secondary N) is 1. The predicted octanol–water partition coefficient (Wildman–Crippen LogP) is 5.66. The highest BCUT2D eigenvalue weighted by Gasteiger charge is 2.22. The molecule has 0 aliphatic carbocycles. The van der Waals surface area contributed by atoms with Crippen LogP contribution in [0.4, 0.5) is 0 Å². The third-order valence-electron chi connectivity index (χ3n) is 5.14. The predicted molar refractivity (Wildman–Crippen MR) is 131 cm³/mol. The smallest absolute Gasteiger partial charge is 0.251 e. The van der Waals surface area contributed by atoms with Crippen molar-refractivity contribution in [3.8, 4) is 16.9 Å². The summed E-state index contributed by atoms with van der Waals surface area (Å²) >= 11 is 0. The number of amides is 1. The minimum atomic E-state index is -0.0322. The van der Waals surface area contributed by atoms with Gasteiger partial charge in [0.15, 0.2) is 0 Å². The van der Waals surface area contributed by atoms with E-state index in [2.05, 4.69) is 63.0 Å². The maximum absolute atomic E-state index is 13.1. The van der Waals surface area contributed by atoms with Gasteiger partial charge in [0.1, 0.15) is 5.75 Å². The van der Waals surface area contributed by atoms with Gasteiger partial charge in [-0.3, -0.25) is 4.79 Å². The molecule has 0 aliphatic heterocycles. The first-order chi connectivity index (χ1) is 14.5. The number of para-hydroxylation sites is 1. The number of rotatable bonds is 9. The number of nitrogens with zero attached hydrogens (tertiary/aromatic N) is 1. The highest BCUT2D eigenvalue weighted by molar-refractivity contribution is 5.96. The lowest BCUT2D eigenvalue weighted by Crippen LogP contribution is -2.43. The van der Waals surface area contributed by atoms with Gasteiger partial charge in [-0.1, -0.05) is 65.0 Å². The monoisotopic (exact) mass is 424 g/mol. The fourth-order valence-corrected chi connectivity index (χ4v) is 4.09. The zero-order valence-corrected chi connectivity index (χ0v) is 20.6. The van der Waals surface area contributed by atoms with Crippen LogP contribution in [0.1, 0.15) is 57.0 Å². The summed E-state index contributed by atoms with van der Waals surface area (Å²) in [5, 5.41) is 3.25. The van der Waals surface area contributed by atoms with Crippen molar-refractivity contribution in [1.82, 2.24) is 10.2 Å². The van der Waals surface area contributed by atoms with E-state index < -0.39 is 0 Å². The van der Waals surface area contributed by atoms with Gasteiger partial charge in [0, 0.05) is 23.7 Å². The second-order valence-electron chi connectivity index (χ2n) is 10.4. The summed E-state index contributed by atoms with van der Waals surface area (Å²) in [6.45, 7) is 11.8. The minimum absolute atomic E-state index is 0.0322. The van der Waals surface area contributed by atoms with Gasteiger partial charge in [-0.15, -0.1) is 0 Å². The molecule has 1 N–H and O–H groups in total. The average Bonchev–Trinajstić information content (AvgIpc) is 2.65. The quantitative estimate of drug-likeness (QED) is 0.565. The molecule has 0 unspecified atom stereocenters. The van der Waals surface area contributed by atoms with Gasteiger partial charge in [0.2, 0.25) is 0 Å². The van der Waals surface area contributed by atoms with Crippen molar-refractivity contribution in [3.63, 3.8) is 0 Å². The van der Waals surface area contributed by atoms with Gasteiger partial charge in [-0.05, 0) is 61.5 Å². The zero-order valence-electron chi connectivity index (χ0n) is 20.6. The van der Waals surface area contributed by atoms with Gasteiger partial charge in [0.05, 0.1) is 7.11 Å². The molecule has 4 nitrogen and oxygen atoms in total. The van der Waals surface area contributed by atoms with E-state index in [4.69, 9.17) is 4.74 Å². The van der Waals surface area contributed by atoms with E-state index in [1.807, 2.05) is 38.4 Å². The second kappa shape index (κ2) is 10.8. The Labute approximate surface area is 189 Å². The van der Waals surface area contributed by atoms with Crippen LogP contribution in [0, 0.1) is 11.3 Å². The van der Waals surface area contributed by atoms with Crippen molar-refractivity contribution in [2.24, 2.45) is 11.3 Å². The highest BCUT2D eigenvalue weighted by atomic mass is 16.5. The van der Waals surface area contributed by atoms with E-state index in [-0.39, 0.29) is 17.4 Å². The Bertz CT molecular complexity index is 866. The first-order valence-electron chi connectivity index (χ1n) is 11.2. The van der Waals surface area contributed by atoms with Crippen LogP contribution in [-0.2, 0) is 6.42 Å². The molecule has 31 heavy (non-hydrogen) atoms. The molecule has 0 fully saturated rings. The molecule has 0 heterocycles. The molecular weight excluding hydrogens is 384 g/mol. The molecule has 0 bridgehead atoms. The van der Waals surface area contributed by atoms with E-state index in [1.165, 1.54) is 5.56 Å². The first kappa shape index (κ1) is 24.9. The van der Waals surface area contributed by atoms with Crippen LogP contribution in [0.2, 0.25) is 0 Å². The molecule has 0 aliphatic rings. The summed E-state index contributed by atoms with van der Waals surface area (Å²) in [6, 6.07) is 14.2. The average molecular weight is 425 g/mol. The Morgan fingerprint density at radius 1 is 1.10 bits per heavy atom. The molecule has 0 radical (unpaired) electrons. The molecule has 0 saturated heterocycles. The van der Waals surface area contributed by atoms with Crippen LogP contribution in [0.3, 0.4) is 0 Å². The lowest BCUT2D eigenvalue weighted by atomic mass is 9.87. The van der Waals surface area contributed by atoms with E-state index >= 15 is 0 Å². The molecule has 0 saturated carbocycles. The maximum Gasteiger partial charge on any atom is 0.251 e. The molecule has 1 amide bonds. The number of hydrogen-bond donors (Lipinski definition) is 1.